The number of carbonyl (C=O) groups is 1. The van der Waals surface area contributed by atoms with E-state index in [-0.39, 0.29) is 24.4 Å². The minimum Gasteiger partial charge on any atom is -0.339 e. The van der Waals surface area contributed by atoms with Crippen LogP contribution in [0.1, 0.15) is 17.9 Å². The van der Waals surface area contributed by atoms with Crippen LogP contribution < -0.4 is 5.32 Å². The van der Waals surface area contributed by atoms with Crippen molar-refractivity contribution < 1.29 is 13.7 Å². The molecule has 25 heavy (non-hydrogen) atoms. The van der Waals surface area contributed by atoms with Crippen LogP contribution in [0, 0.1) is 12.7 Å². The van der Waals surface area contributed by atoms with E-state index in [1.165, 1.54) is 12.1 Å². The Hall–Kier alpha value is -2.73. The molecule has 128 valence electrons. The van der Waals surface area contributed by atoms with Gasteiger partial charge in [-0.05, 0) is 48.9 Å². The molecule has 0 spiro atoms. The molecule has 1 amide bonds. The third-order valence-corrected chi connectivity index (χ3v) is 3.79. The minimum absolute atomic E-state index is 0.107. The topological polar surface area (TPSA) is 68.0 Å². The van der Waals surface area contributed by atoms with Gasteiger partial charge in [0, 0.05) is 23.4 Å². The molecule has 1 N–H and O–H groups in total. The van der Waals surface area contributed by atoms with E-state index in [2.05, 4.69) is 15.5 Å². The first-order valence-corrected chi connectivity index (χ1v) is 8.03. The first-order chi connectivity index (χ1) is 12.0. The van der Waals surface area contributed by atoms with Gasteiger partial charge in [-0.25, -0.2) is 4.39 Å². The van der Waals surface area contributed by atoms with Crippen molar-refractivity contribution in [2.75, 3.05) is 5.32 Å². The second-order valence-electron chi connectivity index (χ2n) is 5.55. The number of nitrogens with zero attached hydrogens (tertiary/aromatic N) is 2. The highest BCUT2D eigenvalue weighted by molar-refractivity contribution is 6.30. The first-order valence-electron chi connectivity index (χ1n) is 7.66. The SMILES string of the molecule is Cc1ccc(NC(=O)CCc2nc(-c3ccc(Cl)cc3)no2)c(F)c1. The predicted octanol–water partition coefficient (Wildman–Crippen LogP) is 4.41. The lowest BCUT2D eigenvalue weighted by molar-refractivity contribution is -0.116. The number of amides is 1. The van der Waals surface area contributed by atoms with E-state index in [4.69, 9.17) is 16.1 Å². The van der Waals surface area contributed by atoms with Crippen molar-refractivity contribution in [1.29, 1.82) is 0 Å². The van der Waals surface area contributed by atoms with Gasteiger partial charge in [0.1, 0.15) is 5.82 Å². The third kappa shape index (κ3) is 4.42. The number of carbonyl (C=O) groups excluding carboxylic acids is 1. The average molecular weight is 360 g/mol. The fraction of sp³-hybridized carbons (Fsp3) is 0.167. The number of halogens is 2. The molecule has 5 nitrogen and oxygen atoms in total. The number of aryl methyl sites for hydroxylation is 2. The van der Waals surface area contributed by atoms with E-state index in [0.29, 0.717) is 16.7 Å². The fourth-order valence-corrected chi connectivity index (χ4v) is 2.35. The zero-order chi connectivity index (χ0) is 17.8. The number of rotatable bonds is 5. The summed E-state index contributed by atoms with van der Waals surface area (Å²) in [6.07, 6.45) is 0.371. The zero-order valence-corrected chi connectivity index (χ0v) is 14.2. The summed E-state index contributed by atoms with van der Waals surface area (Å²) in [5.41, 5.74) is 1.71. The lowest BCUT2D eigenvalue weighted by Gasteiger charge is -2.06. The maximum absolute atomic E-state index is 13.7. The molecule has 0 aliphatic carbocycles. The summed E-state index contributed by atoms with van der Waals surface area (Å²) in [6.45, 7) is 1.78. The molecule has 0 fully saturated rings. The summed E-state index contributed by atoms with van der Waals surface area (Å²) in [6, 6.07) is 11.7. The van der Waals surface area contributed by atoms with E-state index in [1.807, 2.05) is 0 Å². The molecule has 0 saturated carbocycles. The molecule has 0 unspecified atom stereocenters. The van der Waals surface area contributed by atoms with Gasteiger partial charge in [-0.1, -0.05) is 22.8 Å². The molecule has 1 aromatic heterocycles. The Morgan fingerprint density at radius 1 is 1.24 bits per heavy atom. The summed E-state index contributed by atoms with van der Waals surface area (Å²) in [5, 5.41) is 7.03. The maximum Gasteiger partial charge on any atom is 0.227 e. The molecule has 0 radical (unpaired) electrons. The van der Waals surface area contributed by atoms with Gasteiger partial charge in [-0.2, -0.15) is 4.98 Å². The Labute approximate surface area is 148 Å². The van der Waals surface area contributed by atoms with Crippen molar-refractivity contribution in [2.45, 2.75) is 19.8 Å². The van der Waals surface area contributed by atoms with Crippen LogP contribution in [0.15, 0.2) is 47.0 Å². The van der Waals surface area contributed by atoms with Crippen molar-refractivity contribution in [3.05, 3.63) is 64.8 Å². The lowest BCUT2D eigenvalue weighted by atomic mass is 10.2. The monoisotopic (exact) mass is 359 g/mol. The van der Waals surface area contributed by atoms with E-state index in [1.54, 1.807) is 37.3 Å². The molecule has 1 heterocycles. The highest BCUT2D eigenvalue weighted by Gasteiger charge is 2.12. The second-order valence-corrected chi connectivity index (χ2v) is 5.99. The van der Waals surface area contributed by atoms with Crippen molar-refractivity contribution in [2.24, 2.45) is 0 Å². The Bertz CT molecular complexity index is 894. The Kier molecular flexibility index (Phi) is 5.09. The molecule has 3 aromatic rings. The van der Waals surface area contributed by atoms with E-state index in [0.717, 1.165) is 11.1 Å². The van der Waals surface area contributed by atoms with Crippen LogP contribution in [-0.4, -0.2) is 16.0 Å². The van der Waals surface area contributed by atoms with Gasteiger partial charge in [-0.15, -0.1) is 0 Å². The van der Waals surface area contributed by atoms with Crippen LogP contribution in [0.4, 0.5) is 10.1 Å². The summed E-state index contributed by atoms with van der Waals surface area (Å²) >= 11 is 5.84. The van der Waals surface area contributed by atoms with Crippen molar-refractivity contribution in [3.63, 3.8) is 0 Å². The number of nitrogens with one attached hydrogen (secondary N) is 1. The second kappa shape index (κ2) is 7.44. The van der Waals surface area contributed by atoms with Gasteiger partial charge in [0.25, 0.3) is 0 Å². The summed E-state index contributed by atoms with van der Waals surface area (Å²) < 4.78 is 18.9. The van der Waals surface area contributed by atoms with Gasteiger partial charge < -0.3 is 9.84 Å². The molecule has 0 saturated heterocycles. The molecule has 0 aliphatic heterocycles. The molecule has 7 heteroatoms. The number of benzene rings is 2. The Morgan fingerprint density at radius 2 is 2.00 bits per heavy atom. The third-order valence-electron chi connectivity index (χ3n) is 3.54. The molecular weight excluding hydrogens is 345 g/mol. The summed E-state index contributed by atoms with van der Waals surface area (Å²) in [5.74, 6) is -0.0220. The van der Waals surface area contributed by atoms with Crippen LogP contribution >= 0.6 is 11.6 Å². The smallest absolute Gasteiger partial charge is 0.227 e. The highest BCUT2D eigenvalue weighted by atomic mass is 35.5. The maximum atomic E-state index is 13.7. The Morgan fingerprint density at radius 3 is 2.72 bits per heavy atom. The number of hydrogen-bond donors (Lipinski definition) is 1. The molecule has 0 bridgehead atoms. The quantitative estimate of drug-likeness (QED) is 0.732. The zero-order valence-electron chi connectivity index (χ0n) is 13.4. The van der Waals surface area contributed by atoms with Gasteiger partial charge in [-0.3, -0.25) is 4.79 Å². The van der Waals surface area contributed by atoms with Gasteiger partial charge >= 0.3 is 0 Å². The van der Waals surface area contributed by atoms with Crippen LogP contribution in [0.3, 0.4) is 0 Å². The molecule has 0 aliphatic rings. The molecule has 2 aromatic carbocycles. The van der Waals surface area contributed by atoms with E-state index >= 15 is 0 Å². The van der Waals surface area contributed by atoms with Gasteiger partial charge in [0.05, 0.1) is 5.69 Å². The normalized spacial score (nSPS) is 10.7. The summed E-state index contributed by atoms with van der Waals surface area (Å²) in [7, 11) is 0. The van der Waals surface area contributed by atoms with Crippen LogP contribution in [0.2, 0.25) is 5.02 Å². The number of hydrogen-bond acceptors (Lipinski definition) is 4. The molecule has 0 atom stereocenters. The standard InChI is InChI=1S/C18H15ClFN3O2/c1-11-2-7-15(14(20)10-11)21-16(24)8-9-17-22-18(23-25-17)12-3-5-13(19)6-4-12/h2-7,10H,8-9H2,1H3,(H,21,24). The molecule has 3 rings (SSSR count). The van der Waals surface area contributed by atoms with Crippen LogP contribution in [0.5, 0.6) is 0 Å². The fourth-order valence-electron chi connectivity index (χ4n) is 2.23. The average Bonchev–Trinajstić information content (AvgIpc) is 3.05. The van der Waals surface area contributed by atoms with E-state index < -0.39 is 5.82 Å². The van der Waals surface area contributed by atoms with Gasteiger partial charge in [0.15, 0.2) is 0 Å². The number of anilines is 1. The minimum atomic E-state index is -0.462. The van der Waals surface area contributed by atoms with E-state index in [9.17, 15) is 9.18 Å². The van der Waals surface area contributed by atoms with Crippen molar-refractivity contribution >= 4 is 23.2 Å². The predicted molar refractivity (Wildman–Crippen MR) is 92.8 cm³/mol. The van der Waals surface area contributed by atoms with Gasteiger partial charge in [0.2, 0.25) is 17.6 Å². The highest BCUT2D eigenvalue weighted by Crippen LogP contribution is 2.19. The van der Waals surface area contributed by atoms with Crippen LogP contribution in [-0.2, 0) is 11.2 Å². The Balaban J connectivity index is 1.58. The van der Waals surface area contributed by atoms with Crippen molar-refractivity contribution in [3.8, 4) is 11.4 Å². The largest absolute Gasteiger partial charge is 0.339 e. The number of aromatic nitrogens is 2. The summed E-state index contributed by atoms with van der Waals surface area (Å²) in [4.78, 5) is 16.2. The molecular formula is C18H15ClFN3O2. The van der Waals surface area contributed by atoms with Crippen molar-refractivity contribution in [1.82, 2.24) is 10.1 Å². The lowest BCUT2D eigenvalue weighted by Crippen LogP contribution is -2.13. The van der Waals surface area contributed by atoms with Crippen LogP contribution in [0.25, 0.3) is 11.4 Å². The first kappa shape index (κ1) is 17.1.